The Morgan fingerprint density at radius 3 is 2.42 bits per heavy atom. The minimum atomic E-state index is -0.599. The molecule has 6 nitrogen and oxygen atoms in total. The summed E-state index contributed by atoms with van der Waals surface area (Å²) < 4.78 is 10.0. The van der Waals surface area contributed by atoms with E-state index in [0.717, 1.165) is 6.42 Å². The number of furan rings is 1. The number of hydrogen-bond acceptors (Lipinski definition) is 5. The second-order valence-corrected chi connectivity index (χ2v) is 5.27. The second-order valence-electron chi connectivity index (χ2n) is 5.27. The molecule has 0 saturated carbocycles. The second kappa shape index (κ2) is 8.10. The van der Waals surface area contributed by atoms with Crippen LogP contribution in [0.2, 0.25) is 0 Å². The molecule has 0 radical (unpaired) electrons. The molecule has 1 amide bonds. The first kappa shape index (κ1) is 17.5. The molecule has 0 aliphatic heterocycles. The highest BCUT2D eigenvalue weighted by Crippen LogP contribution is 2.13. The van der Waals surface area contributed by atoms with E-state index in [1.54, 1.807) is 31.2 Å². The molecule has 0 fully saturated rings. The summed E-state index contributed by atoms with van der Waals surface area (Å²) in [6, 6.07) is 7.95. The molecule has 0 bridgehead atoms. The van der Waals surface area contributed by atoms with Gasteiger partial charge in [0.05, 0.1) is 6.26 Å². The number of carbonyl (C=O) groups excluding carboxylic acids is 3. The lowest BCUT2D eigenvalue weighted by Crippen LogP contribution is -2.15. The Hall–Kier alpha value is -2.89. The predicted octanol–water partition coefficient (Wildman–Crippen LogP) is 3.37. The summed E-state index contributed by atoms with van der Waals surface area (Å²) in [5.41, 5.74) is 1.33. The van der Waals surface area contributed by atoms with Gasteiger partial charge in [-0.3, -0.25) is 9.59 Å². The average molecular weight is 329 g/mol. The topological polar surface area (TPSA) is 85.6 Å². The number of rotatable bonds is 7. The number of amides is 1. The Labute approximate surface area is 139 Å². The van der Waals surface area contributed by atoms with E-state index in [1.807, 2.05) is 6.92 Å². The number of hydrogen-bond donors (Lipinski definition) is 1. The van der Waals surface area contributed by atoms with E-state index >= 15 is 0 Å². The van der Waals surface area contributed by atoms with Gasteiger partial charge >= 0.3 is 5.97 Å². The molecule has 2 aromatic rings. The first-order chi connectivity index (χ1) is 11.5. The predicted molar refractivity (Wildman–Crippen MR) is 88.0 cm³/mol. The molecule has 1 aromatic carbocycles. The van der Waals surface area contributed by atoms with Crippen LogP contribution in [0.5, 0.6) is 0 Å². The molecule has 0 spiro atoms. The fraction of sp³-hybridized carbons (Fsp3) is 0.278. The van der Waals surface area contributed by atoms with Crippen LogP contribution >= 0.6 is 0 Å². The van der Waals surface area contributed by atoms with Crippen molar-refractivity contribution in [2.45, 2.75) is 26.7 Å². The van der Waals surface area contributed by atoms with Crippen LogP contribution in [-0.2, 0) is 9.53 Å². The third kappa shape index (κ3) is 4.55. The summed E-state index contributed by atoms with van der Waals surface area (Å²) in [6.45, 7) is 3.21. The highest BCUT2D eigenvalue weighted by Gasteiger charge is 2.15. The minimum absolute atomic E-state index is 0.0685. The van der Waals surface area contributed by atoms with Gasteiger partial charge in [-0.1, -0.05) is 6.92 Å². The molecule has 0 atom stereocenters. The molecule has 24 heavy (non-hydrogen) atoms. The molecule has 0 unspecified atom stereocenters. The van der Waals surface area contributed by atoms with Gasteiger partial charge in [0.1, 0.15) is 11.3 Å². The number of aryl methyl sites for hydroxylation is 1. The number of carbonyl (C=O) groups is 3. The molecular formula is C18H19NO5. The standard InChI is InChI=1S/C18H19NO5/c1-3-4-17(21)19-14-7-5-13(6-8-14)16(20)11-24-18(22)15-9-10-23-12(15)2/h5-10H,3-4,11H2,1-2H3,(H,19,21). The van der Waals surface area contributed by atoms with E-state index in [4.69, 9.17) is 9.15 Å². The lowest BCUT2D eigenvalue weighted by Gasteiger charge is -2.06. The molecule has 1 aromatic heterocycles. The fourth-order valence-electron chi connectivity index (χ4n) is 2.08. The van der Waals surface area contributed by atoms with E-state index in [2.05, 4.69) is 5.32 Å². The zero-order valence-corrected chi connectivity index (χ0v) is 13.6. The van der Waals surface area contributed by atoms with Crippen molar-refractivity contribution in [2.75, 3.05) is 11.9 Å². The minimum Gasteiger partial charge on any atom is -0.469 e. The Kier molecular flexibility index (Phi) is 5.89. The largest absolute Gasteiger partial charge is 0.469 e. The van der Waals surface area contributed by atoms with Crippen molar-refractivity contribution in [2.24, 2.45) is 0 Å². The van der Waals surface area contributed by atoms with Crippen LogP contribution in [0.1, 0.15) is 46.2 Å². The average Bonchev–Trinajstić information content (AvgIpc) is 2.99. The van der Waals surface area contributed by atoms with Gasteiger partial charge in [0.2, 0.25) is 5.91 Å². The maximum Gasteiger partial charge on any atom is 0.342 e. The summed E-state index contributed by atoms with van der Waals surface area (Å²) in [7, 11) is 0. The summed E-state index contributed by atoms with van der Waals surface area (Å²) in [5, 5.41) is 2.74. The van der Waals surface area contributed by atoms with Gasteiger partial charge in [-0.25, -0.2) is 4.79 Å². The first-order valence-electron chi connectivity index (χ1n) is 7.65. The molecule has 0 saturated heterocycles. The van der Waals surface area contributed by atoms with Gasteiger partial charge < -0.3 is 14.5 Å². The molecule has 6 heteroatoms. The van der Waals surface area contributed by atoms with E-state index in [0.29, 0.717) is 29.0 Å². The molecule has 126 valence electrons. The molecule has 1 heterocycles. The zero-order chi connectivity index (χ0) is 17.5. The number of esters is 1. The summed E-state index contributed by atoms with van der Waals surface area (Å²) >= 11 is 0. The zero-order valence-electron chi connectivity index (χ0n) is 13.6. The monoisotopic (exact) mass is 329 g/mol. The van der Waals surface area contributed by atoms with Gasteiger partial charge in [-0.2, -0.15) is 0 Å². The quantitative estimate of drug-likeness (QED) is 0.622. The highest BCUT2D eigenvalue weighted by molar-refractivity contribution is 6.00. The van der Waals surface area contributed by atoms with E-state index < -0.39 is 5.97 Å². The molecule has 0 aliphatic carbocycles. The number of nitrogens with one attached hydrogen (secondary N) is 1. The van der Waals surface area contributed by atoms with E-state index in [1.165, 1.54) is 12.3 Å². The van der Waals surface area contributed by atoms with Gasteiger partial charge in [0.15, 0.2) is 12.4 Å². The summed E-state index contributed by atoms with van der Waals surface area (Å²) in [5.74, 6) is -0.547. The number of ketones is 1. The number of anilines is 1. The van der Waals surface area contributed by atoms with Crippen molar-refractivity contribution >= 4 is 23.3 Å². The number of Topliss-reactive ketones (excluding diaryl/α,β-unsaturated/α-hetero) is 1. The molecule has 2 rings (SSSR count). The third-order valence-corrected chi connectivity index (χ3v) is 3.38. The van der Waals surface area contributed by atoms with Crippen molar-refractivity contribution in [1.29, 1.82) is 0 Å². The Balaban J connectivity index is 1.89. The Morgan fingerprint density at radius 1 is 1.12 bits per heavy atom. The summed E-state index contributed by atoms with van der Waals surface area (Å²) in [6.07, 6.45) is 2.60. The Morgan fingerprint density at radius 2 is 1.83 bits per heavy atom. The lowest BCUT2D eigenvalue weighted by molar-refractivity contribution is -0.116. The molecule has 1 N–H and O–H groups in total. The van der Waals surface area contributed by atoms with Gasteiger partial charge in [-0.15, -0.1) is 0 Å². The van der Waals surface area contributed by atoms with Gasteiger partial charge in [-0.05, 0) is 43.7 Å². The first-order valence-corrected chi connectivity index (χ1v) is 7.65. The van der Waals surface area contributed by atoms with Crippen LogP contribution < -0.4 is 5.32 Å². The molecule has 0 aliphatic rings. The van der Waals surface area contributed by atoms with Crippen LogP contribution in [0, 0.1) is 6.92 Å². The highest BCUT2D eigenvalue weighted by atomic mass is 16.5. The van der Waals surface area contributed by atoms with Crippen LogP contribution in [0.25, 0.3) is 0 Å². The Bertz CT molecular complexity index is 730. The van der Waals surface area contributed by atoms with Crippen molar-refractivity contribution < 1.29 is 23.5 Å². The number of ether oxygens (including phenoxy) is 1. The van der Waals surface area contributed by atoms with Crippen molar-refractivity contribution in [3.63, 3.8) is 0 Å². The van der Waals surface area contributed by atoms with Crippen LogP contribution in [-0.4, -0.2) is 24.3 Å². The number of benzene rings is 1. The van der Waals surface area contributed by atoms with E-state index in [-0.39, 0.29) is 18.3 Å². The van der Waals surface area contributed by atoms with Crippen LogP contribution in [0.15, 0.2) is 41.0 Å². The van der Waals surface area contributed by atoms with E-state index in [9.17, 15) is 14.4 Å². The van der Waals surface area contributed by atoms with Crippen LogP contribution in [0.4, 0.5) is 5.69 Å². The summed E-state index contributed by atoms with van der Waals surface area (Å²) in [4.78, 5) is 35.4. The van der Waals surface area contributed by atoms with Gasteiger partial charge in [0.25, 0.3) is 0 Å². The normalized spacial score (nSPS) is 10.2. The van der Waals surface area contributed by atoms with Crippen molar-refractivity contribution in [1.82, 2.24) is 0 Å². The third-order valence-electron chi connectivity index (χ3n) is 3.38. The fourth-order valence-corrected chi connectivity index (χ4v) is 2.08. The van der Waals surface area contributed by atoms with Gasteiger partial charge in [0, 0.05) is 17.7 Å². The molecular weight excluding hydrogens is 310 g/mol. The maximum atomic E-state index is 12.1. The van der Waals surface area contributed by atoms with Crippen molar-refractivity contribution in [3.8, 4) is 0 Å². The SMILES string of the molecule is CCCC(=O)Nc1ccc(C(=O)COC(=O)c2ccoc2C)cc1. The van der Waals surface area contributed by atoms with Crippen molar-refractivity contribution in [3.05, 3.63) is 53.5 Å². The maximum absolute atomic E-state index is 12.1. The smallest absolute Gasteiger partial charge is 0.342 e. The van der Waals surface area contributed by atoms with Crippen LogP contribution in [0.3, 0.4) is 0 Å². The lowest BCUT2D eigenvalue weighted by atomic mass is 10.1.